The Labute approximate surface area is 83.6 Å². The first-order chi connectivity index (χ1) is 6.95. The van der Waals surface area contributed by atoms with E-state index < -0.39 is 0 Å². The zero-order chi connectivity index (χ0) is 9.38. The molecule has 2 aliphatic carbocycles. The Bertz CT molecular complexity index is 542. The monoisotopic (exact) mass is 180 g/mol. The second-order valence-electron chi connectivity index (χ2n) is 3.79. The van der Waals surface area contributed by atoms with Gasteiger partial charge in [-0.15, -0.1) is 0 Å². The van der Waals surface area contributed by atoms with Crippen LogP contribution < -0.4 is 10.4 Å². The maximum Gasteiger partial charge on any atom is -0.00795 e. The van der Waals surface area contributed by atoms with Gasteiger partial charge in [-0.3, -0.25) is 0 Å². The average molecular weight is 180 g/mol. The maximum absolute atomic E-state index is 2.31. The standard InChI is InChI=1S/C14H12/c1-2-6-12-8-4-10-13-9-3-7-11(5-1)14(12)13/h1,3-6,8-10H,2,7H2. The molecule has 0 nitrogen and oxygen atoms in total. The lowest BCUT2D eigenvalue weighted by molar-refractivity contribution is 1.33. The number of allylic oxidation sites excluding steroid dienone is 3. The molecule has 0 unspecified atom stereocenters. The van der Waals surface area contributed by atoms with Crippen molar-refractivity contribution in [3.63, 3.8) is 0 Å². The lowest BCUT2D eigenvalue weighted by Crippen LogP contribution is -2.29. The van der Waals surface area contributed by atoms with Gasteiger partial charge in [0.05, 0.1) is 0 Å². The van der Waals surface area contributed by atoms with E-state index in [1.165, 1.54) is 21.6 Å². The summed E-state index contributed by atoms with van der Waals surface area (Å²) in [4.78, 5) is 0. The van der Waals surface area contributed by atoms with Crippen molar-refractivity contribution in [1.82, 2.24) is 0 Å². The molecule has 1 aromatic carbocycles. The summed E-state index contributed by atoms with van der Waals surface area (Å²) < 4.78 is 0. The van der Waals surface area contributed by atoms with Crippen LogP contribution >= 0.6 is 0 Å². The minimum atomic E-state index is 1.06. The Hall–Kier alpha value is -1.56. The van der Waals surface area contributed by atoms with Crippen LogP contribution in [0.1, 0.15) is 18.4 Å². The second-order valence-corrected chi connectivity index (χ2v) is 3.79. The van der Waals surface area contributed by atoms with Gasteiger partial charge in [0, 0.05) is 0 Å². The SMILES string of the molecule is C1=CC2=c3c(cccc3=CC1)C=CC2. The van der Waals surface area contributed by atoms with Crippen molar-refractivity contribution in [3.8, 4) is 0 Å². The fraction of sp³-hybridized carbons (Fsp3) is 0.143. The smallest absolute Gasteiger partial charge is 0.00795 e. The number of hydrogen-bond acceptors (Lipinski definition) is 0. The summed E-state index contributed by atoms with van der Waals surface area (Å²) in [6, 6.07) is 6.55. The van der Waals surface area contributed by atoms with Crippen LogP contribution in [0.5, 0.6) is 0 Å². The van der Waals surface area contributed by atoms with Crippen molar-refractivity contribution < 1.29 is 0 Å². The van der Waals surface area contributed by atoms with Gasteiger partial charge in [-0.1, -0.05) is 48.6 Å². The summed E-state index contributed by atoms with van der Waals surface area (Å²) in [5, 5.41) is 2.84. The van der Waals surface area contributed by atoms with Crippen molar-refractivity contribution in [2.24, 2.45) is 0 Å². The molecule has 14 heavy (non-hydrogen) atoms. The van der Waals surface area contributed by atoms with Crippen LogP contribution in [0.15, 0.2) is 36.4 Å². The normalized spacial score (nSPS) is 17.3. The molecule has 0 fully saturated rings. The molecule has 0 atom stereocenters. The van der Waals surface area contributed by atoms with Gasteiger partial charge in [0.15, 0.2) is 0 Å². The van der Waals surface area contributed by atoms with E-state index in [9.17, 15) is 0 Å². The van der Waals surface area contributed by atoms with Gasteiger partial charge in [-0.25, -0.2) is 0 Å². The van der Waals surface area contributed by atoms with Gasteiger partial charge in [0.1, 0.15) is 0 Å². The van der Waals surface area contributed by atoms with E-state index in [0.717, 1.165) is 12.8 Å². The lowest BCUT2D eigenvalue weighted by atomic mass is 9.98. The molecular weight excluding hydrogens is 168 g/mol. The van der Waals surface area contributed by atoms with E-state index in [1.807, 2.05) is 0 Å². The van der Waals surface area contributed by atoms with Crippen molar-refractivity contribution in [1.29, 1.82) is 0 Å². The highest BCUT2D eigenvalue weighted by Crippen LogP contribution is 2.13. The summed E-state index contributed by atoms with van der Waals surface area (Å²) in [7, 11) is 0. The Morgan fingerprint density at radius 3 is 3.00 bits per heavy atom. The Morgan fingerprint density at radius 2 is 2.00 bits per heavy atom. The molecular formula is C14H12. The zero-order valence-electron chi connectivity index (χ0n) is 8.03. The molecule has 0 aromatic heterocycles. The molecule has 2 aliphatic rings. The van der Waals surface area contributed by atoms with E-state index in [0.29, 0.717) is 0 Å². The second kappa shape index (κ2) is 2.98. The van der Waals surface area contributed by atoms with Crippen LogP contribution in [0.3, 0.4) is 0 Å². The molecule has 0 saturated carbocycles. The van der Waals surface area contributed by atoms with Crippen molar-refractivity contribution in [2.75, 3.05) is 0 Å². The van der Waals surface area contributed by atoms with Gasteiger partial charge in [-0.05, 0) is 34.4 Å². The first-order valence-electron chi connectivity index (χ1n) is 5.11. The molecule has 0 saturated heterocycles. The zero-order valence-corrected chi connectivity index (χ0v) is 8.03. The predicted octanol–water partition coefficient (Wildman–Crippen LogP) is 1.99. The summed E-state index contributed by atoms with van der Waals surface area (Å²) in [5.41, 5.74) is 2.83. The van der Waals surface area contributed by atoms with E-state index in [4.69, 9.17) is 0 Å². The summed E-state index contributed by atoms with van der Waals surface area (Å²) in [6.07, 6.45) is 13.4. The number of hydrogen-bond donors (Lipinski definition) is 0. The van der Waals surface area contributed by atoms with Crippen molar-refractivity contribution in [2.45, 2.75) is 12.8 Å². The van der Waals surface area contributed by atoms with Crippen LogP contribution in [0.25, 0.3) is 17.7 Å². The quantitative estimate of drug-likeness (QED) is 0.573. The van der Waals surface area contributed by atoms with E-state index >= 15 is 0 Å². The van der Waals surface area contributed by atoms with Gasteiger partial charge < -0.3 is 0 Å². The third kappa shape index (κ3) is 1.07. The molecule has 0 radical (unpaired) electrons. The van der Waals surface area contributed by atoms with E-state index in [2.05, 4.69) is 48.6 Å². The predicted molar refractivity (Wildman–Crippen MR) is 61.0 cm³/mol. The topological polar surface area (TPSA) is 0 Å². The van der Waals surface area contributed by atoms with Crippen molar-refractivity contribution in [3.05, 3.63) is 52.4 Å². The van der Waals surface area contributed by atoms with Crippen LogP contribution in [0, 0.1) is 0 Å². The fourth-order valence-electron chi connectivity index (χ4n) is 2.24. The molecule has 0 bridgehead atoms. The first kappa shape index (κ1) is 7.81. The average Bonchev–Trinajstić information content (AvgIpc) is 2.44. The molecule has 0 aliphatic heterocycles. The number of rotatable bonds is 0. The Morgan fingerprint density at radius 1 is 1.00 bits per heavy atom. The highest BCUT2D eigenvalue weighted by atomic mass is 14.1. The molecule has 3 rings (SSSR count). The van der Waals surface area contributed by atoms with Crippen molar-refractivity contribution >= 4 is 17.7 Å². The molecule has 0 heteroatoms. The van der Waals surface area contributed by atoms with Gasteiger partial charge in [0.2, 0.25) is 0 Å². The highest BCUT2D eigenvalue weighted by Gasteiger charge is 2.04. The minimum Gasteiger partial charge on any atom is -0.0804 e. The largest absolute Gasteiger partial charge is 0.0804 e. The van der Waals surface area contributed by atoms with Crippen LogP contribution in [-0.4, -0.2) is 0 Å². The molecule has 0 spiro atoms. The van der Waals surface area contributed by atoms with Crippen LogP contribution in [-0.2, 0) is 0 Å². The Balaban J connectivity index is 2.54. The lowest BCUT2D eigenvalue weighted by Gasteiger charge is -2.07. The fourth-order valence-corrected chi connectivity index (χ4v) is 2.24. The summed E-state index contributed by atoms with van der Waals surface area (Å²) in [6.45, 7) is 0. The molecule has 0 amide bonds. The molecule has 1 aromatic rings. The van der Waals surface area contributed by atoms with E-state index in [-0.39, 0.29) is 0 Å². The van der Waals surface area contributed by atoms with Gasteiger partial charge in [0.25, 0.3) is 0 Å². The minimum absolute atomic E-state index is 1.06. The van der Waals surface area contributed by atoms with Gasteiger partial charge in [-0.2, -0.15) is 0 Å². The number of benzene rings is 1. The maximum atomic E-state index is 2.31. The van der Waals surface area contributed by atoms with E-state index in [1.54, 1.807) is 0 Å². The third-order valence-electron chi connectivity index (χ3n) is 2.88. The molecule has 0 heterocycles. The first-order valence-corrected chi connectivity index (χ1v) is 5.11. The third-order valence-corrected chi connectivity index (χ3v) is 2.88. The highest BCUT2D eigenvalue weighted by molar-refractivity contribution is 5.70. The molecule has 0 N–H and O–H groups in total. The van der Waals surface area contributed by atoms with Crippen LogP contribution in [0.2, 0.25) is 0 Å². The molecule has 68 valence electrons. The summed E-state index contributed by atoms with van der Waals surface area (Å²) >= 11 is 0. The Kier molecular flexibility index (Phi) is 1.66. The van der Waals surface area contributed by atoms with Crippen LogP contribution in [0.4, 0.5) is 0 Å². The van der Waals surface area contributed by atoms with Gasteiger partial charge >= 0.3 is 0 Å². The summed E-state index contributed by atoms with van der Waals surface area (Å²) in [5.74, 6) is 0.